The van der Waals surface area contributed by atoms with Gasteiger partial charge < -0.3 is 14.2 Å². The Hall–Kier alpha value is -2.59. The van der Waals surface area contributed by atoms with Gasteiger partial charge in [-0.2, -0.15) is 0 Å². The third kappa shape index (κ3) is 3.57. The molecule has 0 N–H and O–H groups in total. The van der Waals surface area contributed by atoms with Crippen LogP contribution in [0.5, 0.6) is 5.75 Å². The van der Waals surface area contributed by atoms with Gasteiger partial charge in [0, 0.05) is 40.3 Å². The second-order valence-corrected chi connectivity index (χ2v) is 8.84. The SMILES string of the molecule is CCN(CC)CCOc1ccc2c(c1)C(C)(C)c1c(c3c(n1CC)=CC=CCC=3)C2=O. The molecule has 2 aliphatic rings. The molecule has 1 aromatic heterocycles. The molecule has 0 saturated heterocycles. The number of ether oxygens (including phenoxy) is 1. The summed E-state index contributed by atoms with van der Waals surface area (Å²) >= 11 is 0. The summed E-state index contributed by atoms with van der Waals surface area (Å²) in [4.78, 5) is 16.0. The normalized spacial score (nSPS) is 16.1. The van der Waals surface area contributed by atoms with E-state index in [2.05, 4.69) is 74.5 Å². The Labute approximate surface area is 185 Å². The molecule has 31 heavy (non-hydrogen) atoms. The van der Waals surface area contributed by atoms with Gasteiger partial charge in [-0.15, -0.1) is 0 Å². The smallest absolute Gasteiger partial charge is 0.195 e. The standard InChI is InChI=1S/C27H34N2O2/c1-6-28(7-2)16-17-31-19-14-15-20-22(18-19)27(4,5)26-24(25(20)30)21-12-10-9-11-13-23(21)29(26)8-3/h9,11-15,18H,6-8,10,16-17H2,1-5H3. The largest absolute Gasteiger partial charge is 0.492 e. The molecule has 0 bridgehead atoms. The molecule has 4 heteroatoms. The average Bonchev–Trinajstić information content (AvgIpc) is 2.91. The van der Waals surface area contributed by atoms with E-state index >= 15 is 0 Å². The lowest BCUT2D eigenvalue weighted by Gasteiger charge is -2.34. The number of hydrogen-bond acceptors (Lipinski definition) is 3. The number of benzene rings is 1. The molecule has 1 heterocycles. The Balaban J connectivity index is 1.78. The lowest BCUT2D eigenvalue weighted by molar-refractivity contribution is 0.102. The first-order chi connectivity index (χ1) is 14.9. The van der Waals surface area contributed by atoms with Crippen molar-refractivity contribution in [3.05, 3.63) is 63.3 Å². The van der Waals surface area contributed by atoms with Crippen molar-refractivity contribution in [3.8, 4) is 5.75 Å². The highest BCUT2D eigenvalue weighted by Crippen LogP contribution is 2.41. The van der Waals surface area contributed by atoms with Crippen molar-refractivity contribution < 1.29 is 9.53 Å². The fourth-order valence-electron chi connectivity index (χ4n) is 5.10. The molecule has 0 unspecified atom stereocenters. The molecule has 1 aromatic carbocycles. The van der Waals surface area contributed by atoms with Crippen LogP contribution in [-0.2, 0) is 12.0 Å². The molecule has 4 rings (SSSR count). The zero-order valence-corrected chi connectivity index (χ0v) is 19.5. The van der Waals surface area contributed by atoms with Crippen LogP contribution in [0.25, 0.3) is 12.2 Å². The fourth-order valence-corrected chi connectivity index (χ4v) is 5.10. The van der Waals surface area contributed by atoms with Gasteiger partial charge in [-0.05, 0) is 56.3 Å². The number of hydrogen-bond donors (Lipinski definition) is 0. The maximum absolute atomic E-state index is 13.7. The van der Waals surface area contributed by atoms with Crippen molar-refractivity contribution in [2.45, 2.75) is 53.0 Å². The van der Waals surface area contributed by atoms with Crippen molar-refractivity contribution in [2.75, 3.05) is 26.2 Å². The van der Waals surface area contributed by atoms with E-state index in [-0.39, 0.29) is 11.2 Å². The van der Waals surface area contributed by atoms with Crippen LogP contribution in [0.1, 0.15) is 68.2 Å². The average molecular weight is 419 g/mol. The Bertz CT molecular complexity index is 1150. The molecular weight excluding hydrogens is 384 g/mol. The molecule has 0 radical (unpaired) electrons. The van der Waals surface area contributed by atoms with Gasteiger partial charge in [-0.3, -0.25) is 4.79 Å². The van der Waals surface area contributed by atoms with Gasteiger partial charge in [0.2, 0.25) is 0 Å². The van der Waals surface area contributed by atoms with E-state index in [0.29, 0.717) is 6.61 Å². The van der Waals surface area contributed by atoms with E-state index < -0.39 is 0 Å². The molecule has 4 nitrogen and oxygen atoms in total. The second kappa shape index (κ2) is 8.51. The summed E-state index contributed by atoms with van der Waals surface area (Å²) in [5.41, 5.74) is 3.58. The van der Waals surface area contributed by atoms with E-state index in [4.69, 9.17) is 4.74 Å². The molecular formula is C27H34N2O2. The number of carbonyl (C=O) groups is 1. The molecule has 0 saturated carbocycles. The van der Waals surface area contributed by atoms with Gasteiger partial charge >= 0.3 is 0 Å². The Kier molecular flexibility index (Phi) is 5.94. The molecule has 0 atom stereocenters. The van der Waals surface area contributed by atoms with Gasteiger partial charge in [0.1, 0.15) is 12.4 Å². The third-order valence-corrected chi connectivity index (χ3v) is 6.81. The lowest BCUT2D eigenvalue weighted by atomic mass is 9.71. The first-order valence-electron chi connectivity index (χ1n) is 11.6. The third-order valence-electron chi connectivity index (χ3n) is 6.81. The highest BCUT2D eigenvalue weighted by molar-refractivity contribution is 6.13. The van der Waals surface area contributed by atoms with E-state index in [1.807, 2.05) is 12.1 Å². The highest BCUT2D eigenvalue weighted by atomic mass is 16.5. The number of allylic oxidation sites excluding steroid dienone is 2. The topological polar surface area (TPSA) is 34.5 Å². The summed E-state index contributed by atoms with van der Waals surface area (Å²) in [7, 11) is 0. The number of carbonyl (C=O) groups excluding carboxylic acids is 1. The zero-order valence-electron chi connectivity index (χ0n) is 19.5. The lowest BCUT2D eigenvalue weighted by Crippen LogP contribution is -2.34. The summed E-state index contributed by atoms with van der Waals surface area (Å²) in [5.74, 6) is 0.974. The van der Waals surface area contributed by atoms with Gasteiger partial charge in [0.05, 0.1) is 5.56 Å². The first kappa shape index (κ1) is 21.6. The Morgan fingerprint density at radius 3 is 2.65 bits per heavy atom. The van der Waals surface area contributed by atoms with E-state index in [1.54, 1.807) is 0 Å². The quantitative estimate of drug-likeness (QED) is 0.689. The predicted octanol–water partition coefficient (Wildman–Crippen LogP) is 3.62. The van der Waals surface area contributed by atoms with Crippen LogP contribution in [0, 0.1) is 0 Å². The van der Waals surface area contributed by atoms with Gasteiger partial charge in [0.15, 0.2) is 5.78 Å². The molecule has 2 aliphatic carbocycles. The maximum Gasteiger partial charge on any atom is 0.195 e. The monoisotopic (exact) mass is 418 g/mol. The molecule has 164 valence electrons. The summed E-state index contributed by atoms with van der Waals surface area (Å²) in [5, 5.41) is 2.23. The number of nitrogens with zero attached hydrogens (tertiary/aromatic N) is 2. The second-order valence-electron chi connectivity index (χ2n) is 8.84. The minimum absolute atomic E-state index is 0.133. The van der Waals surface area contributed by atoms with Crippen molar-refractivity contribution in [1.29, 1.82) is 0 Å². The number of rotatable bonds is 7. The predicted molar refractivity (Wildman–Crippen MR) is 127 cm³/mol. The molecule has 0 fully saturated rings. The first-order valence-corrected chi connectivity index (χ1v) is 11.6. The highest BCUT2D eigenvalue weighted by Gasteiger charge is 2.41. The van der Waals surface area contributed by atoms with Crippen LogP contribution in [0.2, 0.25) is 0 Å². The van der Waals surface area contributed by atoms with E-state index in [9.17, 15) is 4.79 Å². The van der Waals surface area contributed by atoms with Crippen molar-refractivity contribution in [1.82, 2.24) is 9.47 Å². The molecule has 0 amide bonds. The number of ketones is 1. The molecule has 0 aliphatic heterocycles. The van der Waals surface area contributed by atoms with Crippen molar-refractivity contribution in [3.63, 3.8) is 0 Å². The summed E-state index contributed by atoms with van der Waals surface area (Å²) in [6.07, 6.45) is 9.44. The number of aromatic nitrogens is 1. The van der Waals surface area contributed by atoms with Crippen LogP contribution in [0.4, 0.5) is 0 Å². The van der Waals surface area contributed by atoms with Crippen LogP contribution < -0.4 is 15.3 Å². The molecule has 2 aromatic rings. The zero-order chi connectivity index (χ0) is 22.2. The van der Waals surface area contributed by atoms with Crippen LogP contribution >= 0.6 is 0 Å². The molecule has 0 spiro atoms. The van der Waals surface area contributed by atoms with Crippen LogP contribution in [-0.4, -0.2) is 41.5 Å². The van der Waals surface area contributed by atoms with Crippen LogP contribution in [0.15, 0.2) is 30.4 Å². The van der Waals surface area contributed by atoms with E-state index in [0.717, 1.165) is 71.3 Å². The summed E-state index contributed by atoms with van der Waals surface area (Å²) in [6.45, 7) is 15.4. The number of likely N-dealkylation sites (N-methyl/N-ethyl adjacent to an activating group) is 1. The number of fused-ring (bicyclic) bond motifs is 4. The minimum atomic E-state index is -0.287. The van der Waals surface area contributed by atoms with Crippen molar-refractivity contribution >= 4 is 17.9 Å². The fraction of sp³-hybridized carbons (Fsp3) is 0.444. The van der Waals surface area contributed by atoms with Gasteiger partial charge in [-0.1, -0.05) is 45.9 Å². The minimum Gasteiger partial charge on any atom is -0.492 e. The Morgan fingerprint density at radius 1 is 1.16 bits per heavy atom. The summed E-state index contributed by atoms with van der Waals surface area (Å²) in [6, 6.07) is 6.00. The van der Waals surface area contributed by atoms with Gasteiger partial charge in [-0.25, -0.2) is 0 Å². The summed E-state index contributed by atoms with van der Waals surface area (Å²) < 4.78 is 8.42. The maximum atomic E-state index is 13.7. The van der Waals surface area contributed by atoms with E-state index in [1.165, 1.54) is 0 Å². The Morgan fingerprint density at radius 2 is 1.94 bits per heavy atom. The van der Waals surface area contributed by atoms with Crippen molar-refractivity contribution in [2.24, 2.45) is 0 Å². The van der Waals surface area contributed by atoms with Crippen LogP contribution in [0.3, 0.4) is 0 Å². The van der Waals surface area contributed by atoms with Gasteiger partial charge in [0.25, 0.3) is 0 Å².